The first-order valence-electron chi connectivity index (χ1n) is 6.12. The third-order valence-corrected chi connectivity index (χ3v) is 2.65. The topological polar surface area (TPSA) is 77.2 Å². The van der Waals surface area contributed by atoms with E-state index in [1.807, 2.05) is 6.92 Å². The average molecular weight is 279 g/mol. The molecule has 0 spiro atoms. The number of carbonyl (C=O) groups is 1. The lowest BCUT2D eigenvalue weighted by molar-refractivity contribution is -0.122. The van der Waals surface area contributed by atoms with Crippen LogP contribution in [0.25, 0.3) is 0 Å². The van der Waals surface area contributed by atoms with Gasteiger partial charge in [-0.05, 0) is 42.8 Å². The standard InChI is InChI=1S/C13H14FN3O3/c1-3-11(19-10-6-4-9(14)5-7-10)13(18)15-12-8(2)16-20-17-12/h4-7,11H,3H2,1-2H3,(H,15,17,18)/t11-/m1/s1. The smallest absolute Gasteiger partial charge is 0.266 e. The molecule has 0 fully saturated rings. The van der Waals surface area contributed by atoms with E-state index in [2.05, 4.69) is 20.3 Å². The van der Waals surface area contributed by atoms with Gasteiger partial charge in [-0.15, -0.1) is 0 Å². The minimum atomic E-state index is -0.712. The number of benzene rings is 1. The third-order valence-electron chi connectivity index (χ3n) is 2.65. The summed E-state index contributed by atoms with van der Waals surface area (Å²) in [5.74, 6) is -0.0469. The molecule has 0 bridgehead atoms. The molecule has 0 radical (unpaired) electrons. The van der Waals surface area contributed by atoms with Gasteiger partial charge < -0.3 is 10.1 Å². The Balaban J connectivity index is 2.02. The maximum absolute atomic E-state index is 12.8. The van der Waals surface area contributed by atoms with E-state index in [1.165, 1.54) is 24.3 Å². The lowest BCUT2D eigenvalue weighted by Gasteiger charge is -2.16. The van der Waals surface area contributed by atoms with E-state index in [-0.39, 0.29) is 17.5 Å². The van der Waals surface area contributed by atoms with Crippen molar-refractivity contribution in [2.75, 3.05) is 5.32 Å². The second kappa shape index (κ2) is 6.14. The van der Waals surface area contributed by atoms with Crippen LogP contribution < -0.4 is 10.1 Å². The van der Waals surface area contributed by atoms with Gasteiger partial charge in [-0.3, -0.25) is 4.79 Å². The highest BCUT2D eigenvalue weighted by molar-refractivity contribution is 5.93. The quantitative estimate of drug-likeness (QED) is 0.908. The van der Waals surface area contributed by atoms with Crippen molar-refractivity contribution in [3.8, 4) is 5.75 Å². The SMILES string of the molecule is CC[C@@H](Oc1ccc(F)cc1)C(=O)Nc1nonc1C. The predicted octanol–water partition coefficient (Wildman–Crippen LogP) is 2.31. The van der Waals surface area contributed by atoms with E-state index >= 15 is 0 Å². The molecule has 7 heteroatoms. The van der Waals surface area contributed by atoms with Gasteiger partial charge in [0.15, 0.2) is 11.9 Å². The Bertz CT molecular complexity index is 583. The van der Waals surface area contributed by atoms with Crippen molar-refractivity contribution in [3.63, 3.8) is 0 Å². The lowest BCUT2D eigenvalue weighted by atomic mass is 10.2. The molecule has 0 aliphatic rings. The number of hydrogen-bond acceptors (Lipinski definition) is 5. The number of aromatic nitrogens is 2. The Morgan fingerprint density at radius 1 is 1.40 bits per heavy atom. The van der Waals surface area contributed by atoms with Crippen molar-refractivity contribution >= 4 is 11.7 Å². The zero-order chi connectivity index (χ0) is 14.5. The van der Waals surface area contributed by atoms with Crippen LogP contribution >= 0.6 is 0 Å². The lowest BCUT2D eigenvalue weighted by Crippen LogP contribution is -2.32. The monoisotopic (exact) mass is 279 g/mol. The van der Waals surface area contributed by atoms with Gasteiger partial charge in [-0.2, -0.15) is 0 Å². The highest BCUT2D eigenvalue weighted by Gasteiger charge is 2.20. The second-order valence-electron chi connectivity index (χ2n) is 4.16. The van der Waals surface area contributed by atoms with Gasteiger partial charge in [-0.25, -0.2) is 9.02 Å². The summed E-state index contributed by atoms with van der Waals surface area (Å²) in [7, 11) is 0. The van der Waals surface area contributed by atoms with E-state index in [9.17, 15) is 9.18 Å². The van der Waals surface area contributed by atoms with E-state index < -0.39 is 6.10 Å². The van der Waals surface area contributed by atoms with E-state index in [4.69, 9.17) is 4.74 Å². The van der Waals surface area contributed by atoms with Gasteiger partial charge in [0.2, 0.25) is 0 Å². The fourth-order valence-electron chi connectivity index (χ4n) is 1.54. The summed E-state index contributed by atoms with van der Waals surface area (Å²) in [6, 6.07) is 5.47. The molecule has 1 atom stereocenters. The number of amides is 1. The van der Waals surface area contributed by atoms with Crippen molar-refractivity contribution in [1.29, 1.82) is 0 Å². The number of ether oxygens (including phenoxy) is 1. The van der Waals surface area contributed by atoms with Gasteiger partial charge in [-0.1, -0.05) is 12.1 Å². The van der Waals surface area contributed by atoms with Crippen LogP contribution in [-0.2, 0) is 4.79 Å². The summed E-state index contributed by atoms with van der Waals surface area (Å²) in [4.78, 5) is 12.0. The van der Waals surface area contributed by atoms with Crippen LogP contribution in [0.15, 0.2) is 28.9 Å². The van der Waals surface area contributed by atoms with Crippen LogP contribution in [0.2, 0.25) is 0 Å². The molecular formula is C13H14FN3O3. The Morgan fingerprint density at radius 3 is 2.65 bits per heavy atom. The highest BCUT2D eigenvalue weighted by Crippen LogP contribution is 2.16. The third kappa shape index (κ3) is 3.31. The Morgan fingerprint density at radius 2 is 2.10 bits per heavy atom. The van der Waals surface area contributed by atoms with Crippen molar-refractivity contribution in [3.05, 3.63) is 35.8 Å². The first kappa shape index (κ1) is 14.0. The zero-order valence-electron chi connectivity index (χ0n) is 11.1. The molecule has 0 unspecified atom stereocenters. The Hall–Kier alpha value is -2.44. The van der Waals surface area contributed by atoms with Gasteiger partial charge in [0.1, 0.15) is 17.3 Å². The maximum Gasteiger partial charge on any atom is 0.266 e. The summed E-state index contributed by atoms with van der Waals surface area (Å²) in [5.41, 5.74) is 0.481. The summed E-state index contributed by atoms with van der Waals surface area (Å²) in [6.07, 6.45) is -0.260. The van der Waals surface area contributed by atoms with Crippen LogP contribution in [0.3, 0.4) is 0 Å². The molecule has 6 nitrogen and oxygen atoms in total. The second-order valence-corrected chi connectivity index (χ2v) is 4.16. The predicted molar refractivity (Wildman–Crippen MR) is 68.8 cm³/mol. The molecule has 106 valence electrons. The van der Waals surface area contributed by atoms with Gasteiger partial charge in [0, 0.05) is 0 Å². The Labute approximate surface area is 114 Å². The first-order chi connectivity index (χ1) is 9.60. The van der Waals surface area contributed by atoms with Crippen LogP contribution in [0.5, 0.6) is 5.75 Å². The molecule has 1 N–H and O–H groups in total. The van der Waals surface area contributed by atoms with E-state index in [1.54, 1.807) is 6.92 Å². The molecule has 0 saturated heterocycles. The molecule has 0 saturated carbocycles. The summed E-state index contributed by atoms with van der Waals surface area (Å²) < 4.78 is 22.8. The van der Waals surface area contributed by atoms with Crippen LogP contribution in [0, 0.1) is 12.7 Å². The number of hydrogen-bond donors (Lipinski definition) is 1. The molecule has 0 aliphatic heterocycles. The maximum atomic E-state index is 12.8. The molecule has 1 aromatic carbocycles. The largest absolute Gasteiger partial charge is 0.481 e. The minimum Gasteiger partial charge on any atom is -0.481 e. The van der Waals surface area contributed by atoms with Crippen molar-refractivity contribution < 1.29 is 18.6 Å². The van der Waals surface area contributed by atoms with Crippen molar-refractivity contribution in [2.45, 2.75) is 26.4 Å². The number of aryl methyl sites for hydroxylation is 1. The fraction of sp³-hybridized carbons (Fsp3) is 0.308. The van der Waals surface area contributed by atoms with E-state index in [0.29, 0.717) is 17.9 Å². The molecule has 20 heavy (non-hydrogen) atoms. The van der Waals surface area contributed by atoms with E-state index in [0.717, 1.165) is 0 Å². The van der Waals surface area contributed by atoms with Gasteiger partial charge in [0.25, 0.3) is 5.91 Å². The zero-order valence-corrected chi connectivity index (χ0v) is 11.1. The molecule has 1 aromatic heterocycles. The molecule has 2 rings (SSSR count). The summed E-state index contributed by atoms with van der Waals surface area (Å²) in [5, 5.41) is 9.70. The van der Waals surface area contributed by atoms with Crippen LogP contribution in [-0.4, -0.2) is 22.3 Å². The highest BCUT2D eigenvalue weighted by atomic mass is 19.1. The molecule has 2 aromatic rings. The Kier molecular flexibility index (Phi) is 4.29. The molecule has 1 heterocycles. The number of rotatable bonds is 5. The number of anilines is 1. The van der Waals surface area contributed by atoms with Gasteiger partial charge >= 0.3 is 0 Å². The number of carbonyl (C=O) groups excluding carboxylic acids is 1. The molecular weight excluding hydrogens is 265 g/mol. The molecule has 0 aliphatic carbocycles. The number of halogens is 1. The summed E-state index contributed by atoms with van der Waals surface area (Å²) >= 11 is 0. The van der Waals surface area contributed by atoms with Crippen LogP contribution in [0.1, 0.15) is 19.0 Å². The molecule has 1 amide bonds. The normalized spacial score (nSPS) is 11.9. The fourth-order valence-corrected chi connectivity index (χ4v) is 1.54. The average Bonchev–Trinajstić information content (AvgIpc) is 2.83. The first-order valence-corrected chi connectivity index (χ1v) is 6.12. The number of nitrogens with one attached hydrogen (secondary N) is 1. The van der Waals surface area contributed by atoms with Crippen molar-refractivity contribution in [2.24, 2.45) is 0 Å². The van der Waals surface area contributed by atoms with Crippen molar-refractivity contribution in [1.82, 2.24) is 10.3 Å². The van der Waals surface area contributed by atoms with Gasteiger partial charge in [0.05, 0.1) is 0 Å². The van der Waals surface area contributed by atoms with Crippen LogP contribution in [0.4, 0.5) is 10.2 Å². The summed E-state index contributed by atoms with van der Waals surface area (Å²) in [6.45, 7) is 3.47. The minimum absolute atomic E-state index is 0.260. The number of nitrogens with zero attached hydrogens (tertiary/aromatic N) is 2.